The first kappa shape index (κ1) is 14.5. The molecule has 1 aromatic rings. The Balaban J connectivity index is 2.95. The predicted octanol–water partition coefficient (Wildman–Crippen LogP) is 2.69. The second-order valence-electron chi connectivity index (χ2n) is 3.75. The zero-order valence-electron chi connectivity index (χ0n) is 10.8. The van der Waals surface area contributed by atoms with Gasteiger partial charge in [0.2, 0.25) is 0 Å². The Morgan fingerprint density at radius 3 is 2.33 bits per heavy atom. The van der Waals surface area contributed by atoms with Crippen LogP contribution in [-0.2, 0) is 9.68 Å². The number of rotatable bonds is 8. The van der Waals surface area contributed by atoms with Crippen molar-refractivity contribution in [1.82, 2.24) is 0 Å². The lowest BCUT2D eigenvalue weighted by molar-refractivity contribution is -0.0895. The van der Waals surface area contributed by atoms with Gasteiger partial charge < -0.3 is 5.11 Å². The summed E-state index contributed by atoms with van der Waals surface area (Å²) in [6, 6.07) is 4.75. The molecule has 0 heterocycles. The van der Waals surface area contributed by atoms with Crippen LogP contribution in [0, 0.1) is 0 Å². The number of hydrogen-bond acceptors (Lipinski definition) is 5. The summed E-state index contributed by atoms with van der Waals surface area (Å²) in [5, 5.41) is 10.8. The molecule has 0 fully saturated rings. The summed E-state index contributed by atoms with van der Waals surface area (Å²) in [4.78, 5) is 21.8. The normalized spacial score (nSPS) is 10.3. The van der Waals surface area contributed by atoms with Gasteiger partial charge in [-0.1, -0.05) is 19.9 Å². The Morgan fingerprint density at radius 1 is 1.22 bits per heavy atom. The monoisotopic (exact) mass is 253 g/mol. The molecular formula is C13H19NO4. The fourth-order valence-electron chi connectivity index (χ4n) is 1.35. The fraction of sp³-hybridized carbons (Fsp3) is 0.462. The van der Waals surface area contributed by atoms with Crippen LogP contribution in [-0.4, -0.2) is 24.6 Å². The van der Waals surface area contributed by atoms with E-state index in [4.69, 9.17) is 9.68 Å². The molecule has 0 aromatic heterocycles. The maximum Gasteiger partial charge on any atom is 0.156 e. The molecule has 1 rings (SSSR count). The van der Waals surface area contributed by atoms with E-state index in [1.807, 2.05) is 13.8 Å². The van der Waals surface area contributed by atoms with Crippen LogP contribution in [0.15, 0.2) is 18.2 Å². The zero-order valence-corrected chi connectivity index (χ0v) is 10.8. The van der Waals surface area contributed by atoms with Gasteiger partial charge in [0, 0.05) is 0 Å². The third-order valence-electron chi connectivity index (χ3n) is 2.20. The van der Waals surface area contributed by atoms with Gasteiger partial charge in [-0.15, -0.1) is 5.23 Å². The Morgan fingerprint density at radius 2 is 1.83 bits per heavy atom. The molecule has 0 atom stereocenters. The van der Waals surface area contributed by atoms with Gasteiger partial charge in [0.15, 0.2) is 6.29 Å². The highest BCUT2D eigenvalue weighted by Crippen LogP contribution is 2.27. The molecule has 0 saturated heterocycles. The number of benzene rings is 1. The van der Waals surface area contributed by atoms with Gasteiger partial charge in [-0.25, -0.2) is 9.68 Å². The molecule has 0 amide bonds. The molecule has 0 aliphatic carbocycles. The van der Waals surface area contributed by atoms with Crippen molar-refractivity contribution in [3.8, 4) is 5.75 Å². The van der Waals surface area contributed by atoms with Crippen LogP contribution < -0.4 is 5.23 Å². The quantitative estimate of drug-likeness (QED) is 0.570. The van der Waals surface area contributed by atoms with E-state index in [9.17, 15) is 9.90 Å². The second-order valence-corrected chi connectivity index (χ2v) is 3.75. The molecule has 1 aromatic carbocycles. The van der Waals surface area contributed by atoms with Crippen molar-refractivity contribution in [2.24, 2.45) is 0 Å². The minimum atomic E-state index is -0.0901. The largest absolute Gasteiger partial charge is 0.507 e. The van der Waals surface area contributed by atoms with Gasteiger partial charge in [-0.3, -0.25) is 4.79 Å². The van der Waals surface area contributed by atoms with Crippen LogP contribution in [0.3, 0.4) is 0 Å². The van der Waals surface area contributed by atoms with Crippen molar-refractivity contribution in [2.45, 2.75) is 26.7 Å². The zero-order chi connectivity index (χ0) is 13.4. The molecule has 18 heavy (non-hydrogen) atoms. The number of hydrogen-bond donors (Lipinski definition) is 1. The summed E-state index contributed by atoms with van der Waals surface area (Å²) in [7, 11) is 0. The summed E-state index contributed by atoms with van der Waals surface area (Å²) in [6.07, 6.45) is 2.23. The molecule has 0 aliphatic rings. The first-order valence-corrected chi connectivity index (χ1v) is 6.07. The highest BCUT2D eigenvalue weighted by Gasteiger charge is 2.15. The van der Waals surface area contributed by atoms with Gasteiger partial charge in [-0.2, -0.15) is 0 Å². The van der Waals surface area contributed by atoms with Crippen molar-refractivity contribution < 1.29 is 19.6 Å². The molecule has 0 saturated carbocycles. The maximum atomic E-state index is 11.0. The average Bonchev–Trinajstić information content (AvgIpc) is 2.39. The summed E-state index contributed by atoms with van der Waals surface area (Å²) in [5.74, 6) is -0.0901. The van der Waals surface area contributed by atoms with E-state index < -0.39 is 0 Å². The molecule has 5 heteroatoms. The first-order chi connectivity index (χ1) is 8.74. The molecule has 0 bridgehead atoms. The summed E-state index contributed by atoms with van der Waals surface area (Å²) < 4.78 is 0. The van der Waals surface area contributed by atoms with E-state index in [0.29, 0.717) is 25.2 Å². The van der Waals surface area contributed by atoms with Gasteiger partial charge in [-0.05, 0) is 25.0 Å². The van der Waals surface area contributed by atoms with Crippen LogP contribution in [0.2, 0.25) is 0 Å². The van der Waals surface area contributed by atoms with Crippen molar-refractivity contribution in [3.63, 3.8) is 0 Å². The van der Waals surface area contributed by atoms with Crippen LogP contribution in [0.1, 0.15) is 37.0 Å². The molecule has 0 aliphatic heterocycles. The van der Waals surface area contributed by atoms with E-state index in [-0.39, 0.29) is 11.3 Å². The van der Waals surface area contributed by atoms with Gasteiger partial charge >= 0.3 is 0 Å². The number of carbonyl (C=O) groups excluding carboxylic acids is 1. The maximum absolute atomic E-state index is 11.0. The molecule has 0 unspecified atom stereocenters. The van der Waals surface area contributed by atoms with Crippen LogP contribution in [0.5, 0.6) is 5.75 Å². The Hall–Kier alpha value is -1.59. The van der Waals surface area contributed by atoms with Gasteiger partial charge in [0.1, 0.15) is 11.4 Å². The van der Waals surface area contributed by atoms with E-state index in [1.54, 1.807) is 12.1 Å². The van der Waals surface area contributed by atoms with Gasteiger partial charge in [0.05, 0.1) is 18.8 Å². The van der Waals surface area contributed by atoms with Crippen molar-refractivity contribution in [2.75, 3.05) is 18.4 Å². The third-order valence-corrected chi connectivity index (χ3v) is 2.20. The number of aldehydes is 1. The molecule has 0 spiro atoms. The standard InChI is InChI=1S/C13H19NO4/c1-3-8-17-14(18-9-4-2)12-6-5-7-13(16)11(12)10-15/h5-7,10,16H,3-4,8-9H2,1-2H3. The van der Waals surface area contributed by atoms with Crippen molar-refractivity contribution >= 4 is 12.0 Å². The molecule has 5 nitrogen and oxygen atoms in total. The SMILES string of the molecule is CCCON(OCCC)c1cccc(O)c1C=O. The Kier molecular flexibility index (Phi) is 6.18. The lowest BCUT2D eigenvalue weighted by Crippen LogP contribution is -2.26. The smallest absolute Gasteiger partial charge is 0.156 e. The Labute approximate surface area is 107 Å². The van der Waals surface area contributed by atoms with E-state index in [1.165, 1.54) is 11.3 Å². The number of anilines is 1. The topological polar surface area (TPSA) is 59.0 Å². The fourth-order valence-corrected chi connectivity index (χ4v) is 1.35. The highest BCUT2D eigenvalue weighted by molar-refractivity contribution is 5.87. The molecular weight excluding hydrogens is 234 g/mol. The lowest BCUT2D eigenvalue weighted by Gasteiger charge is -2.23. The molecule has 100 valence electrons. The summed E-state index contributed by atoms with van der Waals surface area (Å²) in [5.41, 5.74) is 0.566. The van der Waals surface area contributed by atoms with Crippen molar-refractivity contribution in [3.05, 3.63) is 23.8 Å². The van der Waals surface area contributed by atoms with E-state index >= 15 is 0 Å². The van der Waals surface area contributed by atoms with Gasteiger partial charge in [0.25, 0.3) is 0 Å². The van der Waals surface area contributed by atoms with Crippen molar-refractivity contribution in [1.29, 1.82) is 0 Å². The number of aromatic hydroxyl groups is 1. The predicted molar refractivity (Wildman–Crippen MR) is 68.5 cm³/mol. The van der Waals surface area contributed by atoms with Crippen LogP contribution in [0.25, 0.3) is 0 Å². The number of nitrogens with zero attached hydrogens (tertiary/aromatic N) is 1. The summed E-state index contributed by atoms with van der Waals surface area (Å²) in [6.45, 7) is 4.89. The Bertz CT molecular complexity index is 373. The number of phenolic OH excluding ortho intramolecular Hbond substituents is 1. The van der Waals surface area contributed by atoms with E-state index in [2.05, 4.69) is 0 Å². The molecule has 0 radical (unpaired) electrons. The highest BCUT2D eigenvalue weighted by atomic mass is 16.9. The number of carbonyl (C=O) groups is 1. The summed E-state index contributed by atoms with van der Waals surface area (Å²) >= 11 is 0. The average molecular weight is 253 g/mol. The van der Waals surface area contributed by atoms with E-state index in [0.717, 1.165) is 12.8 Å². The lowest BCUT2D eigenvalue weighted by atomic mass is 10.2. The first-order valence-electron chi connectivity index (χ1n) is 6.07. The van der Waals surface area contributed by atoms with Crippen LogP contribution >= 0.6 is 0 Å². The third kappa shape index (κ3) is 3.72. The molecule has 1 N–H and O–H groups in total. The minimum Gasteiger partial charge on any atom is -0.507 e. The minimum absolute atomic E-state index is 0.0901. The number of phenols is 1. The van der Waals surface area contributed by atoms with Crippen LogP contribution in [0.4, 0.5) is 5.69 Å². The second kappa shape index (κ2) is 7.68.